The Morgan fingerprint density at radius 1 is 0.636 bits per heavy atom. The minimum absolute atomic E-state index is 0. The van der Waals surface area contributed by atoms with Crippen LogP contribution in [0.5, 0.6) is 0 Å². The molecule has 0 bridgehead atoms. The summed E-state index contributed by atoms with van der Waals surface area (Å²) in [6.07, 6.45) is 0. The van der Waals surface area contributed by atoms with E-state index in [0.29, 0.717) is 0 Å². The maximum absolute atomic E-state index is 7.08. The third-order valence-corrected chi connectivity index (χ3v) is 0. The summed E-state index contributed by atoms with van der Waals surface area (Å²) in [4.78, 5) is 0. The molecular weight excluding hydrogens is 331 g/mol. The van der Waals surface area contributed by atoms with Crippen molar-refractivity contribution in [1.29, 1.82) is 0 Å². The third kappa shape index (κ3) is 423. The van der Waals surface area contributed by atoms with Gasteiger partial charge in [0.05, 0.1) is 0 Å². The smallest absolute Gasteiger partial charge is 0 e. The SMILES string of the molecule is C[Si](C)(C)[NH-].C[Si](C)(C)[NH-].[Lu]. The van der Waals surface area contributed by atoms with Gasteiger partial charge in [-0.1, -0.05) is 55.8 Å². The van der Waals surface area contributed by atoms with Crippen LogP contribution in [0.3, 0.4) is 0 Å². The molecule has 2 N–H and O–H groups in total. The van der Waals surface area contributed by atoms with Gasteiger partial charge in [0.2, 0.25) is 0 Å². The topological polar surface area (TPSA) is 47.6 Å². The van der Waals surface area contributed by atoms with E-state index in [4.69, 9.17) is 10.8 Å². The van der Waals surface area contributed by atoms with Crippen molar-refractivity contribution in [2.45, 2.75) is 39.3 Å². The molecule has 0 aromatic heterocycles. The molecule has 0 unspecified atom stereocenters. The molecule has 0 aromatic carbocycles. The fourth-order valence-corrected chi connectivity index (χ4v) is 0. The number of rotatable bonds is 0. The zero-order valence-electron chi connectivity index (χ0n) is 8.26. The summed E-state index contributed by atoms with van der Waals surface area (Å²) in [6, 6.07) is 0. The van der Waals surface area contributed by atoms with Crippen LogP contribution in [0, 0.1) is 36.9 Å². The fourth-order valence-electron chi connectivity index (χ4n) is 0. The molecule has 0 atom stereocenters. The van der Waals surface area contributed by atoms with Crippen molar-refractivity contribution in [3.63, 3.8) is 0 Å². The molecule has 79 valence electrons. The van der Waals surface area contributed by atoms with E-state index in [2.05, 4.69) is 0 Å². The zero-order valence-corrected chi connectivity index (χ0v) is 11.9. The Kier molecular flexibility index (Phi) is 11.8. The monoisotopic (exact) mass is 351 g/mol. The molecule has 0 amide bonds. The molecule has 1 radical (unpaired) electrons. The zero-order chi connectivity index (χ0) is 9.00. The molecule has 0 aromatic rings. The van der Waals surface area contributed by atoms with Gasteiger partial charge in [-0.3, -0.25) is 0 Å². The molecule has 5 heteroatoms. The van der Waals surface area contributed by atoms with Gasteiger partial charge in [-0.2, -0.15) is 0 Å². The summed E-state index contributed by atoms with van der Waals surface area (Å²) in [5.74, 6) is 0. The molecule has 0 aliphatic rings. The summed E-state index contributed by atoms with van der Waals surface area (Å²) < 4.78 is 0. The van der Waals surface area contributed by atoms with Crippen LogP contribution < -0.4 is 0 Å². The molecule has 0 fully saturated rings. The van der Waals surface area contributed by atoms with Crippen LogP contribution >= 0.6 is 0 Å². The largest absolute Gasteiger partial charge is 0.680 e. The van der Waals surface area contributed by atoms with Crippen LogP contribution in [0.2, 0.25) is 39.3 Å². The maximum Gasteiger partial charge on any atom is 0 e. The minimum Gasteiger partial charge on any atom is -0.680 e. The van der Waals surface area contributed by atoms with E-state index >= 15 is 0 Å². The van der Waals surface area contributed by atoms with E-state index in [0.717, 1.165) is 0 Å². The molecule has 0 spiro atoms. The van der Waals surface area contributed by atoms with Crippen LogP contribution in [-0.4, -0.2) is 16.5 Å². The molecule has 0 heterocycles. The molecule has 2 nitrogen and oxygen atoms in total. The van der Waals surface area contributed by atoms with Crippen molar-refractivity contribution in [1.82, 2.24) is 0 Å². The Hall–Kier alpha value is 1.59. The first-order valence-corrected chi connectivity index (χ1v) is 10.5. The Bertz CT molecular complexity index is 61.6. The van der Waals surface area contributed by atoms with Crippen molar-refractivity contribution >= 4 is 16.5 Å². The van der Waals surface area contributed by atoms with Gasteiger partial charge in [0.1, 0.15) is 0 Å². The summed E-state index contributed by atoms with van der Waals surface area (Å²) >= 11 is 0. The second kappa shape index (κ2) is 7.04. The van der Waals surface area contributed by atoms with Crippen molar-refractivity contribution in [2.24, 2.45) is 0 Å². The normalized spacial score (nSPS) is 10.9. The van der Waals surface area contributed by atoms with Crippen LogP contribution in [0.15, 0.2) is 0 Å². The Morgan fingerprint density at radius 3 is 0.636 bits per heavy atom. The Labute approximate surface area is 102 Å². The summed E-state index contributed by atoms with van der Waals surface area (Å²) in [5, 5.41) is 14.2. The first-order chi connectivity index (χ1) is 4.00. The van der Waals surface area contributed by atoms with Gasteiger partial charge in [-0.25, -0.2) is 0 Å². The summed E-state index contributed by atoms with van der Waals surface area (Å²) in [5.41, 5.74) is 0. The van der Waals surface area contributed by atoms with Gasteiger partial charge < -0.3 is 10.8 Å². The van der Waals surface area contributed by atoms with Gasteiger partial charge in [0.25, 0.3) is 0 Å². The van der Waals surface area contributed by atoms with Gasteiger partial charge >= 0.3 is 0 Å². The fraction of sp³-hybridized carbons (Fsp3) is 1.00. The summed E-state index contributed by atoms with van der Waals surface area (Å²) in [7, 11) is -2.72. The second-order valence-electron chi connectivity index (χ2n) is 4.50. The van der Waals surface area contributed by atoms with Crippen molar-refractivity contribution in [2.75, 3.05) is 0 Å². The molecule has 0 aliphatic carbocycles. The Morgan fingerprint density at radius 2 is 0.636 bits per heavy atom. The van der Waals surface area contributed by atoms with Crippen LogP contribution in [0.1, 0.15) is 0 Å². The molecule has 0 aliphatic heterocycles. The van der Waals surface area contributed by atoms with Crippen LogP contribution in [0.4, 0.5) is 0 Å². The van der Waals surface area contributed by atoms with E-state index < -0.39 is 16.5 Å². The predicted octanol–water partition coefficient (Wildman–Crippen LogP) is 3.75. The average Bonchev–Trinajstić information content (AvgIpc) is 1.12. The Balaban J connectivity index is -0.000000107. The van der Waals surface area contributed by atoms with Crippen LogP contribution in [0.25, 0.3) is 10.8 Å². The van der Waals surface area contributed by atoms with E-state index in [-0.39, 0.29) is 36.9 Å². The molecule has 11 heavy (non-hydrogen) atoms. The summed E-state index contributed by atoms with van der Waals surface area (Å²) in [6.45, 7) is 12.0. The maximum atomic E-state index is 7.08. The van der Waals surface area contributed by atoms with E-state index in [9.17, 15) is 0 Å². The third-order valence-electron chi connectivity index (χ3n) is 0. The average molecular weight is 351 g/mol. The van der Waals surface area contributed by atoms with Crippen molar-refractivity contribution in [3.8, 4) is 0 Å². The van der Waals surface area contributed by atoms with E-state index in [1.165, 1.54) is 0 Å². The van der Waals surface area contributed by atoms with Crippen molar-refractivity contribution < 1.29 is 36.9 Å². The number of hydrogen-bond acceptors (Lipinski definition) is 0. The van der Waals surface area contributed by atoms with Crippen molar-refractivity contribution in [3.05, 3.63) is 10.8 Å². The second-order valence-corrected chi connectivity index (χ2v) is 13.5. The van der Waals surface area contributed by atoms with Gasteiger partial charge in [0, 0.05) is 36.9 Å². The van der Waals surface area contributed by atoms with Crippen LogP contribution in [-0.2, 0) is 0 Å². The molecule has 0 rings (SSSR count). The molecular formula is C6H20LuN2Si2-2. The molecule has 0 saturated carbocycles. The standard InChI is InChI=1S/2C3H10NSi.Lu/c2*1-5(2,3)4;/h2*4H,1-3H3;/q2*-1;. The first-order valence-electron chi connectivity index (χ1n) is 3.50. The van der Waals surface area contributed by atoms with Gasteiger partial charge in [0.15, 0.2) is 0 Å². The van der Waals surface area contributed by atoms with E-state index in [1.54, 1.807) is 0 Å². The number of hydrogen-bond donors (Lipinski definition) is 0. The molecule has 0 saturated heterocycles. The predicted molar refractivity (Wildman–Crippen MR) is 55.3 cm³/mol. The number of nitrogens with one attached hydrogen (secondary N) is 2. The van der Waals surface area contributed by atoms with Gasteiger partial charge in [-0.05, 0) is 0 Å². The van der Waals surface area contributed by atoms with Gasteiger partial charge in [-0.15, -0.1) is 0 Å². The minimum atomic E-state index is -1.36. The van der Waals surface area contributed by atoms with E-state index in [1.807, 2.05) is 39.3 Å². The quantitative estimate of drug-likeness (QED) is 0.597. The first kappa shape index (κ1) is 18.4.